The maximum atomic E-state index is 13.6. The maximum Gasteiger partial charge on any atom is 0.466 e. The monoisotopic (exact) mass is 505 g/mol. The standard InChI is InChI=1S/C15H18F7NO8S/c1-8(2)10(25)31-13(14(18,19)20,11(26)23-7-9(3)24)30-6-4-5-12(16,17)15(21,22)32(27,28)29/h1,4-7H2,2-3H3,(H,23,26)(H,27,28,29). The number of rotatable bonds is 12. The molecular weight excluding hydrogens is 487 g/mol. The quantitative estimate of drug-likeness (QED) is 0.103. The average molecular weight is 505 g/mol. The first-order chi connectivity index (χ1) is 14.1. The summed E-state index contributed by atoms with van der Waals surface area (Å²) < 4.78 is 131. The molecule has 186 valence electrons. The van der Waals surface area contributed by atoms with E-state index >= 15 is 0 Å². The van der Waals surface area contributed by atoms with Crippen molar-refractivity contribution < 1.29 is 67.6 Å². The number of carbonyl (C=O) groups is 3. The molecule has 0 aromatic heterocycles. The normalized spacial score (nSPS) is 14.9. The number of esters is 1. The molecule has 0 radical (unpaired) electrons. The molecule has 0 aliphatic carbocycles. The van der Waals surface area contributed by atoms with E-state index in [0.29, 0.717) is 0 Å². The molecule has 0 saturated heterocycles. The molecule has 17 heteroatoms. The van der Waals surface area contributed by atoms with Gasteiger partial charge in [-0.15, -0.1) is 0 Å². The second-order valence-corrected chi connectivity index (χ2v) is 7.78. The van der Waals surface area contributed by atoms with E-state index in [9.17, 15) is 53.5 Å². The van der Waals surface area contributed by atoms with Crippen LogP contribution in [0.5, 0.6) is 0 Å². The minimum atomic E-state index is -6.58. The molecule has 0 aromatic rings. The van der Waals surface area contributed by atoms with E-state index < -0.39 is 82.5 Å². The Bertz CT molecular complexity index is 856. The van der Waals surface area contributed by atoms with Crippen LogP contribution >= 0.6 is 0 Å². The molecule has 0 aromatic carbocycles. The van der Waals surface area contributed by atoms with Crippen LogP contribution in [-0.2, 0) is 34.0 Å². The number of carbonyl (C=O) groups excluding carboxylic acids is 3. The smallest absolute Gasteiger partial charge is 0.412 e. The molecule has 0 aliphatic heterocycles. The van der Waals surface area contributed by atoms with Crippen LogP contribution in [0.3, 0.4) is 0 Å². The highest BCUT2D eigenvalue weighted by molar-refractivity contribution is 7.87. The lowest BCUT2D eigenvalue weighted by molar-refractivity contribution is -0.347. The second kappa shape index (κ2) is 10.1. The van der Waals surface area contributed by atoms with Gasteiger partial charge in [-0.25, -0.2) is 4.79 Å². The van der Waals surface area contributed by atoms with Crippen molar-refractivity contribution in [2.45, 2.75) is 49.8 Å². The Balaban J connectivity index is 5.80. The fourth-order valence-corrected chi connectivity index (χ4v) is 2.27. The van der Waals surface area contributed by atoms with Crippen molar-refractivity contribution in [2.24, 2.45) is 0 Å². The van der Waals surface area contributed by atoms with Crippen molar-refractivity contribution in [3.63, 3.8) is 0 Å². The number of nitrogens with one attached hydrogen (secondary N) is 1. The number of amides is 1. The minimum absolute atomic E-state index is 0.652. The van der Waals surface area contributed by atoms with E-state index in [4.69, 9.17) is 4.55 Å². The van der Waals surface area contributed by atoms with Gasteiger partial charge in [-0.05, 0) is 20.3 Å². The van der Waals surface area contributed by atoms with Gasteiger partial charge < -0.3 is 14.8 Å². The molecule has 0 saturated carbocycles. The summed E-state index contributed by atoms with van der Waals surface area (Å²) in [7, 11) is -6.58. The molecule has 9 nitrogen and oxygen atoms in total. The molecule has 0 bridgehead atoms. The van der Waals surface area contributed by atoms with Crippen molar-refractivity contribution >= 4 is 27.8 Å². The van der Waals surface area contributed by atoms with Gasteiger partial charge in [0, 0.05) is 12.0 Å². The Morgan fingerprint density at radius 2 is 1.53 bits per heavy atom. The molecule has 0 aliphatic rings. The Kier molecular flexibility index (Phi) is 9.40. The Morgan fingerprint density at radius 3 is 1.91 bits per heavy atom. The van der Waals surface area contributed by atoms with Crippen molar-refractivity contribution in [1.29, 1.82) is 0 Å². The van der Waals surface area contributed by atoms with Crippen molar-refractivity contribution in [3.05, 3.63) is 12.2 Å². The van der Waals surface area contributed by atoms with Gasteiger partial charge in [-0.1, -0.05) is 6.58 Å². The van der Waals surface area contributed by atoms with Crippen LogP contribution in [0.25, 0.3) is 0 Å². The van der Waals surface area contributed by atoms with Gasteiger partial charge >= 0.3 is 45.1 Å². The average Bonchev–Trinajstić information content (AvgIpc) is 2.59. The van der Waals surface area contributed by atoms with Crippen molar-refractivity contribution in [3.8, 4) is 0 Å². The third kappa shape index (κ3) is 6.86. The third-order valence-electron chi connectivity index (χ3n) is 3.45. The van der Waals surface area contributed by atoms with E-state index in [2.05, 4.69) is 16.1 Å². The van der Waals surface area contributed by atoms with Gasteiger partial charge in [-0.2, -0.15) is 39.2 Å². The Hall–Kier alpha value is -2.27. The molecule has 32 heavy (non-hydrogen) atoms. The van der Waals surface area contributed by atoms with Crippen LogP contribution < -0.4 is 5.32 Å². The van der Waals surface area contributed by atoms with Crippen molar-refractivity contribution in [2.75, 3.05) is 13.2 Å². The van der Waals surface area contributed by atoms with Crippen LogP contribution in [0.2, 0.25) is 0 Å². The van der Waals surface area contributed by atoms with E-state index in [1.54, 1.807) is 0 Å². The number of ether oxygens (including phenoxy) is 2. The van der Waals surface area contributed by atoms with Crippen LogP contribution in [-0.4, -0.2) is 66.9 Å². The maximum absolute atomic E-state index is 13.6. The van der Waals surface area contributed by atoms with E-state index in [1.807, 2.05) is 0 Å². The van der Waals surface area contributed by atoms with Gasteiger partial charge in [0.15, 0.2) is 0 Å². The lowest BCUT2D eigenvalue weighted by atomic mass is 10.2. The summed E-state index contributed by atoms with van der Waals surface area (Å²) in [5, 5.41) is -4.53. The first-order valence-corrected chi connectivity index (χ1v) is 9.66. The molecular formula is C15H18F7NO8S. The molecule has 1 amide bonds. The topological polar surface area (TPSA) is 136 Å². The number of Topliss-reactive ketones (excluding diaryl/α,β-unsaturated/α-hetero) is 1. The van der Waals surface area contributed by atoms with Gasteiger partial charge in [-0.3, -0.25) is 14.1 Å². The van der Waals surface area contributed by atoms with Crippen LogP contribution in [0.15, 0.2) is 12.2 Å². The van der Waals surface area contributed by atoms with Crippen molar-refractivity contribution in [1.82, 2.24) is 5.32 Å². The highest BCUT2D eigenvalue weighted by Crippen LogP contribution is 2.42. The lowest BCUT2D eigenvalue weighted by Gasteiger charge is -2.33. The first kappa shape index (κ1) is 29.7. The zero-order chi connectivity index (χ0) is 25.8. The van der Waals surface area contributed by atoms with E-state index in [0.717, 1.165) is 13.8 Å². The minimum Gasteiger partial charge on any atom is -0.412 e. The second-order valence-electron chi connectivity index (χ2n) is 6.32. The summed E-state index contributed by atoms with van der Waals surface area (Å²) >= 11 is 0. The molecule has 0 rings (SSSR count). The highest BCUT2D eigenvalue weighted by atomic mass is 32.2. The molecule has 0 heterocycles. The summed E-state index contributed by atoms with van der Waals surface area (Å²) in [6.45, 7) is 2.17. The van der Waals surface area contributed by atoms with Crippen LogP contribution in [0.1, 0.15) is 26.7 Å². The van der Waals surface area contributed by atoms with Gasteiger partial charge in [0.1, 0.15) is 5.78 Å². The molecule has 1 unspecified atom stereocenters. The molecule has 0 spiro atoms. The largest absolute Gasteiger partial charge is 0.466 e. The van der Waals surface area contributed by atoms with Crippen LogP contribution in [0, 0.1) is 0 Å². The summed E-state index contributed by atoms with van der Waals surface area (Å²) in [6.07, 6.45) is -9.42. The SMILES string of the molecule is C=C(C)C(=O)OC(OCCCC(F)(F)C(F)(F)S(=O)(=O)O)(C(=O)NCC(C)=O)C(F)(F)F. The molecule has 2 N–H and O–H groups in total. The van der Waals surface area contributed by atoms with Gasteiger partial charge in [0.25, 0.3) is 0 Å². The summed E-state index contributed by atoms with van der Waals surface area (Å²) in [4.78, 5) is 34.6. The van der Waals surface area contributed by atoms with E-state index in [1.165, 1.54) is 5.32 Å². The highest BCUT2D eigenvalue weighted by Gasteiger charge is 2.67. The zero-order valence-electron chi connectivity index (χ0n) is 16.4. The predicted octanol–water partition coefficient (Wildman–Crippen LogP) is 1.98. The zero-order valence-corrected chi connectivity index (χ0v) is 17.2. The van der Waals surface area contributed by atoms with E-state index in [-0.39, 0.29) is 0 Å². The predicted molar refractivity (Wildman–Crippen MR) is 90.0 cm³/mol. The first-order valence-electron chi connectivity index (χ1n) is 8.22. The number of alkyl halides is 7. The van der Waals surface area contributed by atoms with Gasteiger partial charge in [0.2, 0.25) is 0 Å². The molecule has 1 atom stereocenters. The fraction of sp³-hybridized carbons (Fsp3) is 0.667. The number of halogens is 7. The molecule has 0 fully saturated rings. The summed E-state index contributed by atoms with van der Waals surface area (Å²) in [5.74, 6) is -14.8. The summed E-state index contributed by atoms with van der Waals surface area (Å²) in [6, 6.07) is 0. The number of ketones is 1. The Labute approximate surface area is 176 Å². The van der Waals surface area contributed by atoms with Crippen LogP contribution in [0.4, 0.5) is 30.7 Å². The summed E-state index contributed by atoms with van der Waals surface area (Å²) in [5.41, 5.74) is -0.652. The third-order valence-corrected chi connectivity index (χ3v) is 4.39. The fourth-order valence-electron chi connectivity index (χ4n) is 1.79. The van der Waals surface area contributed by atoms with Gasteiger partial charge in [0.05, 0.1) is 13.2 Å². The Morgan fingerprint density at radius 1 is 1.03 bits per heavy atom. The lowest BCUT2D eigenvalue weighted by Crippen LogP contribution is -2.62. The number of hydrogen-bond acceptors (Lipinski definition) is 7. The number of hydrogen-bond donors (Lipinski definition) is 2.